The average molecular weight is 500 g/mol. The van der Waals surface area contributed by atoms with Gasteiger partial charge in [-0.25, -0.2) is 4.79 Å². The van der Waals surface area contributed by atoms with Gasteiger partial charge in [-0.3, -0.25) is 9.59 Å². The minimum absolute atomic E-state index is 0.0677. The number of nitrogens with two attached hydrogens (primary N) is 2. The molecule has 0 aromatic heterocycles. The maximum atomic E-state index is 12.7. The first-order valence-electron chi connectivity index (χ1n) is 14.0. The van der Waals surface area contributed by atoms with Gasteiger partial charge in [0, 0.05) is 13.0 Å². The van der Waals surface area contributed by atoms with Gasteiger partial charge in [0.05, 0.1) is 6.10 Å². The lowest BCUT2D eigenvalue weighted by molar-refractivity contribution is -0.152. The van der Waals surface area contributed by atoms with Crippen molar-refractivity contribution in [1.82, 2.24) is 4.90 Å². The molecule has 0 rings (SSSR count). The number of rotatable bonds is 24. The van der Waals surface area contributed by atoms with E-state index in [2.05, 4.69) is 6.92 Å². The fourth-order valence-corrected chi connectivity index (χ4v) is 4.34. The lowest BCUT2D eigenvalue weighted by atomic mass is 10.0. The van der Waals surface area contributed by atoms with Crippen LogP contribution >= 0.6 is 0 Å². The zero-order chi connectivity index (χ0) is 26.5. The molecule has 0 aliphatic heterocycles. The smallest absolute Gasteiger partial charge is 0.326 e. The van der Waals surface area contributed by atoms with Gasteiger partial charge in [-0.15, -0.1) is 0 Å². The molecule has 0 radical (unpaired) electrons. The third-order valence-corrected chi connectivity index (χ3v) is 6.67. The summed E-state index contributed by atoms with van der Waals surface area (Å²) in [5.41, 5.74) is 11.0. The second kappa shape index (κ2) is 21.6. The minimum atomic E-state index is -1.20. The highest BCUT2D eigenvalue weighted by atomic mass is 16.4. The Labute approximate surface area is 213 Å². The van der Waals surface area contributed by atoms with Gasteiger partial charge in [0.2, 0.25) is 11.8 Å². The molecule has 0 saturated heterocycles. The molecule has 0 unspecified atom stereocenters. The van der Waals surface area contributed by atoms with Crippen molar-refractivity contribution < 1.29 is 24.6 Å². The van der Waals surface area contributed by atoms with Crippen molar-refractivity contribution in [1.29, 1.82) is 0 Å². The molecule has 3 atom stereocenters. The van der Waals surface area contributed by atoms with Crippen LogP contribution in [0, 0.1) is 0 Å². The van der Waals surface area contributed by atoms with Crippen LogP contribution in [-0.4, -0.2) is 57.6 Å². The average Bonchev–Trinajstić information content (AvgIpc) is 2.81. The highest BCUT2D eigenvalue weighted by Gasteiger charge is 2.33. The van der Waals surface area contributed by atoms with Crippen molar-refractivity contribution in [2.24, 2.45) is 11.5 Å². The maximum absolute atomic E-state index is 12.7. The van der Waals surface area contributed by atoms with Gasteiger partial charge in [0.1, 0.15) is 12.1 Å². The molecule has 6 N–H and O–H groups in total. The largest absolute Gasteiger partial charge is 0.480 e. The predicted octanol–water partition coefficient (Wildman–Crippen LogP) is 4.50. The van der Waals surface area contributed by atoms with Gasteiger partial charge < -0.3 is 26.6 Å². The number of aliphatic hydroxyl groups is 1. The van der Waals surface area contributed by atoms with E-state index >= 15 is 0 Å². The Bertz CT molecular complexity index is 571. The molecule has 0 saturated carbocycles. The number of carbonyl (C=O) groups excluding carboxylic acids is 2. The van der Waals surface area contributed by atoms with E-state index in [4.69, 9.17) is 11.5 Å². The van der Waals surface area contributed by atoms with Crippen LogP contribution in [0.15, 0.2) is 0 Å². The van der Waals surface area contributed by atoms with E-state index in [1.54, 1.807) is 0 Å². The Kier molecular flexibility index (Phi) is 20.6. The number of carbonyl (C=O) groups is 3. The Balaban J connectivity index is 4.16. The molecular weight excluding hydrogens is 446 g/mol. The molecule has 0 heterocycles. The van der Waals surface area contributed by atoms with E-state index in [1.165, 1.54) is 88.9 Å². The number of hydrogen-bond donors (Lipinski definition) is 4. The van der Waals surface area contributed by atoms with Gasteiger partial charge in [0.25, 0.3) is 0 Å². The van der Waals surface area contributed by atoms with Crippen LogP contribution in [0.25, 0.3) is 0 Å². The molecule has 0 fully saturated rings. The second-order valence-corrected chi connectivity index (χ2v) is 9.96. The zero-order valence-corrected chi connectivity index (χ0v) is 22.4. The van der Waals surface area contributed by atoms with Crippen LogP contribution in [-0.2, 0) is 14.4 Å². The first kappa shape index (κ1) is 33.3. The summed E-state index contributed by atoms with van der Waals surface area (Å²) in [5, 5.41) is 19.3. The van der Waals surface area contributed by atoms with Crippen LogP contribution < -0.4 is 11.5 Å². The summed E-state index contributed by atoms with van der Waals surface area (Å²) in [6.07, 6.45) is 18.3. The van der Waals surface area contributed by atoms with Crippen molar-refractivity contribution in [3.05, 3.63) is 0 Å². The Hall–Kier alpha value is -1.67. The van der Waals surface area contributed by atoms with Crippen LogP contribution in [0.4, 0.5) is 0 Å². The van der Waals surface area contributed by atoms with Gasteiger partial charge in [0.15, 0.2) is 0 Å². The molecule has 8 nitrogen and oxygen atoms in total. The molecular formula is C27H53N3O5. The SMILES string of the molecule is CCCCCCCCCCCCCCCCCCN(C(=O)[C@@H](N)[C@@H](C)O)[C@H](CCC(N)=O)C(=O)O. The zero-order valence-electron chi connectivity index (χ0n) is 22.4. The summed E-state index contributed by atoms with van der Waals surface area (Å²) >= 11 is 0. The minimum Gasteiger partial charge on any atom is -0.480 e. The number of primary amides is 1. The van der Waals surface area contributed by atoms with Crippen molar-refractivity contribution in [2.75, 3.05) is 6.54 Å². The number of aliphatic hydroxyl groups excluding tert-OH is 1. The quantitative estimate of drug-likeness (QED) is 0.144. The molecule has 0 aromatic rings. The number of carboxylic acid groups (broad SMARTS) is 1. The summed E-state index contributed by atoms with van der Waals surface area (Å²) < 4.78 is 0. The van der Waals surface area contributed by atoms with E-state index in [0.717, 1.165) is 19.3 Å². The van der Waals surface area contributed by atoms with Crippen molar-refractivity contribution >= 4 is 17.8 Å². The summed E-state index contributed by atoms with van der Waals surface area (Å²) in [6, 6.07) is -2.39. The summed E-state index contributed by atoms with van der Waals surface area (Å²) in [4.78, 5) is 36.8. The van der Waals surface area contributed by atoms with Crippen LogP contribution in [0.3, 0.4) is 0 Å². The van der Waals surface area contributed by atoms with Gasteiger partial charge in [-0.2, -0.15) is 0 Å². The van der Waals surface area contributed by atoms with Gasteiger partial charge in [-0.1, -0.05) is 103 Å². The van der Waals surface area contributed by atoms with E-state index in [1.807, 2.05) is 0 Å². The Morgan fingerprint density at radius 3 is 1.51 bits per heavy atom. The third-order valence-electron chi connectivity index (χ3n) is 6.67. The number of amides is 2. The van der Waals surface area contributed by atoms with Crippen molar-refractivity contribution in [2.45, 2.75) is 148 Å². The fraction of sp³-hybridized carbons (Fsp3) is 0.889. The standard InChI is InChI=1S/C27H53N3O5/c1-3-4-5-6-7-8-9-10-11-12-13-14-15-16-17-18-21-30(26(33)25(29)22(2)31)23(27(34)35)19-20-24(28)32/h22-23,25,31H,3-21,29H2,1-2H3,(H2,28,32)(H,34,35)/t22-,23-,25+/m1/s1. The number of aliphatic carboxylic acids is 1. The van der Waals surface area contributed by atoms with E-state index in [0.29, 0.717) is 6.42 Å². The van der Waals surface area contributed by atoms with Crippen LogP contribution in [0.2, 0.25) is 0 Å². The number of nitrogens with zero attached hydrogens (tertiary/aromatic N) is 1. The first-order chi connectivity index (χ1) is 16.7. The van der Waals surface area contributed by atoms with Crippen molar-refractivity contribution in [3.8, 4) is 0 Å². The fourth-order valence-electron chi connectivity index (χ4n) is 4.34. The number of hydrogen-bond acceptors (Lipinski definition) is 5. The molecule has 35 heavy (non-hydrogen) atoms. The van der Waals surface area contributed by atoms with Gasteiger partial charge in [-0.05, 0) is 19.8 Å². The topological polar surface area (TPSA) is 147 Å². The van der Waals surface area contributed by atoms with E-state index < -0.39 is 36.0 Å². The summed E-state index contributed by atoms with van der Waals surface area (Å²) in [6.45, 7) is 3.88. The summed E-state index contributed by atoms with van der Waals surface area (Å²) in [5.74, 6) is -2.43. The highest BCUT2D eigenvalue weighted by molar-refractivity contribution is 5.87. The van der Waals surface area contributed by atoms with E-state index in [9.17, 15) is 24.6 Å². The lowest BCUT2D eigenvalue weighted by Crippen LogP contribution is -2.55. The molecule has 2 amide bonds. The molecule has 0 spiro atoms. The first-order valence-corrected chi connectivity index (χ1v) is 14.0. The third kappa shape index (κ3) is 17.4. The van der Waals surface area contributed by atoms with Crippen LogP contribution in [0.1, 0.15) is 129 Å². The second-order valence-electron chi connectivity index (χ2n) is 9.96. The molecule has 0 aromatic carbocycles. The predicted molar refractivity (Wildman–Crippen MR) is 141 cm³/mol. The van der Waals surface area contributed by atoms with E-state index in [-0.39, 0.29) is 19.4 Å². The van der Waals surface area contributed by atoms with Crippen LogP contribution in [0.5, 0.6) is 0 Å². The molecule has 0 aliphatic carbocycles. The Morgan fingerprint density at radius 1 is 0.771 bits per heavy atom. The maximum Gasteiger partial charge on any atom is 0.326 e. The van der Waals surface area contributed by atoms with Crippen molar-refractivity contribution in [3.63, 3.8) is 0 Å². The molecule has 0 bridgehead atoms. The molecule has 8 heteroatoms. The lowest BCUT2D eigenvalue weighted by Gasteiger charge is -2.32. The highest BCUT2D eigenvalue weighted by Crippen LogP contribution is 2.16. The normalized spacial score (nSPS) is 13.8. The summed E-state index contributed by atoms with van der Waals surface area (Å²) in [7, 11) is 0. The number of unbranched alkanes of at least 4 members (excludes halogenated alkanes) is 15. The Morgan fingerprint density at radius 2 is 1.17 bits per heavy atom. The monoisotopic (exact) mass is 499 g/mol. The van der Waals surface area contributed by atoms with Gasteiger partial charge >= 0.3 is 5.97 Å². The number of carboxylic acids is 1. The molecule has 0 aliphatic rings. The molecule has 206 valence electrons.